The molecule has 24 heteroatoms. The summed E-state index contributed by atoms with van der Waals surface area (Å²) in [4.78, 5) is 10.9. The van der Waals surface area contributed by atoms with Crippen molar-refractivity contribution in [3.05, 3.63) is 0 Å². The summed E-state index contributed by atoms with van der Waals surface area (Å²) >= 11 is 0. The standard InChI is InChI=1S/C17H40O10Si3.C9H20O5Si.C5H14O4Si.9CH4/c1-22-30(21,10-5-8-23-13-16(20)12-19)27-28(26-29(2,3)11-6-18)9-4-7-24-14-17-15-25-17;1-10-15(11-2,12-3)6-4-5-13-7-9-8-14-9;1-7-10(8-2,9-3)5-4-6;;;;;;;;;/h16-21,28H,4-15H2,1-3H3;9H,4-8H2,1-3H3;6H,4-5H2,1-3H3;9*1H4. The number of hydrogen-bond acceptors (Lipinski definition) is 19. The van der Waals surface area contributed by atoms with Gasteiger partial charge in [-0.1, -0.05) is 66.8 Å². The molecule has 2 saturated heterocycles. The van der Waals surface area contributed by atoms with Gasteiger partial charge < -0.3 is 88.1 Å². The fourth-order valence-electron chi connectivity index (χ4n) is 4.66. The first-order chi connectivity index (χ1) is 26.2. The van der Waals surface area contributed by atoms with Gasteiger partial charge in [0.05, 0.1) is 39.6 Å². The summed E-state index contributed by atoms with van der Waals surface area (Å²) in [7, 11) is -1.78. The van der Waals surface area contributed by atoms with Crippen LogP contribution in [0.4, 0.5) is 0 Å². The van der Waals surface area contributed by atoms with Crippen molar-refractivity contribution >= 4 is 44.0 Å². The van der Waals surface area contributed by atoms with Gasteiger partial charge in [-0.05, 0) is 44.4 Å². The second-order valence-corrected chi connectivity index (χ2v) is 29.1. The quantitative estimate of drug-likeness (QED) is 0.0290. The van der Waals surface area contributed by atoms with Crippen LogP contribution in [0.5, 0.6) is 0 Å². The van der Waals surface area contributed by atoms with Gasteiger partial charge in [0.2, 0.25) is 0 Å². The molecule has 0 spiro atoms. The molecule has 404 valence electrons. The first kappa shape index (κ1) is 87.4. The van der Waals surface area contributed by atoms with Crippen molar-refractivity contribution in [3.8, 4) is 0 Å². The highest BCUT2D eigenvalue weighted by atomic mass is 28.5. The summed E-state index contributed by atoms with van der Waals surface area (Å²) in [6, 6.07) is 2.80. The average molecular weight is 1040 g/mol. The lowest BCUT2D eigenvalue weighted by Crippen LogP contribution is -2.50. The average Bonchev–Trinajstić information content (AvgIpc) is 4.13. The molecule has 0 radical (unpaired) electrons. The molecule has 0 aromatic rings. The van der Waals surface area contributed by atoms with Crippen molar-refractivity contribution in [1.29, 1.82) is 0 Å². The summed E-state index contributed by atoms with van der Waals surface area (Å²) in [6.07, 6.45) is 1.79. The van der Waals surface area contributed by atoms with Crippen molar-refractivity contribution in [2.75, 3.05) is 122 Å². The zero-order valence-corrected chi connectivity index (χ0v) is 39.9. The molecular formula is C40H110O19Si5. The summed E-state index contributed by atoms with van der Waals surface area (Å²) in [5, 5.41) is 36.0. The Morgan fingerprint density at radius 1 is 0.547 bits per heavy atom. The predicted molar refractivity (Wildman–Crippen MR) is 273 cm³/mol. The highest BCUT2D eigenvalue weighted by molar-refractivity contribution is 6.79. The molecule has 64 heavy (non-hydrogen) atoms. The Morgan fingerprint density at radius 2 is 0.938 bits per heavy atom. The van der Waals surface area contributed by atoms with Gasteiger partial charge in [-0.25, -0.2) is 0 Å². The molecule has 0 aromatic carbocycles. The maximum atomic E-state index is 10.9. The van der Waals surface area contributed by atoms with Crippen molar-refractivity contribution < 1.29 is 88.1 Å². The zero-order valence-electron chi connectivity index (χ0n) is 34.7. The van der Waals surface area contributed by atoms with Gasteiger partial charge in [-0.2, -0.15) is 0 Å². The van der Waals surface area contributed by atoms with Crippen LogP contribution in [-0.4, -0.2) is 210 Å². The number of ether oxygens (including phenoxy) is 5. The van der Waals surface area contributed by atoms with Gasteiger partial charge in [0.25, 0.3) is 0 Å². The van der Waals surface area contributed by atoms with Crippen molar-refractivity contribution in [2.45, 2.75) is 148 Å². The van der Waals surface area contributed by atoms with Crippen LogP contribution in [0, 0.1) is 0 Å². The van der Waals surface area contributed by atoms with Gasteiger partial charge in [-0.3, -0.25) is 0 Å². The molecule has 2 aliphatic heterocycles. The van der Waals surface area contributed by atoms with Crippen LogP contribution in [0.3, 0.4) is 0 Å². The molecule has 0 saturated carbocycles. The molecule has 2 heterocycles. The largest absolute Gasteiger partial charge is 0.502 e. The van der Waals surface area contributed by atoms with E-state index in [4.69, 9.17) is 73.1 Å². The van der Waals surface area contributed by atoms with E-state index in [1.54, 1.807) is 21.3 Å². The Kier molecular flexibility index (Phi) is 69.9. The van der Waals surface area contributed by atoms with E-state index in [0.717, 1.165) is 32.1 Å². The molecule has 2 fully saturated rings. The smallest absolute Gasteiger partial charge is 0.438 e. The first-order valence-corrected chi connectivity index (χ1v) is 29.4. The number of aliphatic hydroxyl groups excluding tert-OH is 4. The van der Waals surface area contributed by atoms with Crippen molar-refractivity contribution in [2.24, 2.45) is 0 Å². The van der Waals surface area contributed by atoms with E-state index in [9.17, 15) is 15.0 Å². The number of hydrogen-bond donors (Lipinski definition) is 5. The van der Waals surface area contributed by atoms with Gasteiger partial charge in [0.15, 0.2) is 8.32 Å². The van der Waals surface area contributed by atoms with Crippen molar-refractivity contribution in [3.63, 3.8) is 0 Å². The maximum absolute atomic E-state index is 10.9. The fourth-order valence-corrected chi connectivity index (χ4v) is 17.0. The summed E-state index contributed by atoms with van der Waals surface area (Å²) in [5.74, 6) is 0. The molecule has 5 atom stereocenters. The third-order valence-corrected chi connectivity index (χ3v) is 23.9. The molecule has 0 aliphatic carbocycles. The minimum atomic E-state index is -3.43. The monoisotopic (exact) mass is 1030 g/mol. The van der Waals surface area contributed by atoms with Crippen LogP contribution in [0.25, 0.3) is 0 Å². The summed E-state index contributed by atoms with van der Waals surface area (Å²) < 4.78 is 75.1. The third-order valence-electron chi connectivity index (χ3n) is 8.30. The Morgan fingerprint density at radius 3 is 1.30 bits per heavy atom. The van der Waals surface area contributed by atoms with Gasteiger partial charge in [-0.15, -0.1) is 0 Å². The Balaban J connectivity index is -0.0000000915. The van der Waals surface area contributed by atoms with E-state index in [1.807, 2.05) is 13.1 Å². The third kappa shape index (κ3) is 43.6. The van der Waals surface area contributed by atoms with Gasteiger partial charge in [0, 0.05) is 101 Å². The molecule has 2 rings (SSSR count). The highest BCUT2D eigenvalue weighted by Crippen LogP contribution is 2.21. The number of rotatable bonds is 34. The lowest BCUT2D eigenvalue weighted by molar-refractivity contribution is 0.00579. The molecule has 0 amide bonds. The molecule has 0 bridgehead atoms. The lowest BCUT2D eigenvalue weighted by atomic mass is 10.4. The van der Waals surface area contributed by atoms with Crippen LogP contribution < -0.4 is 0 Å². The van der Waals surface area contributed by atoms with Crippen LogP contribution in [0.1, 0.15) is 86.1 Å². The Hall–Kier alpha value is 0.324. The molecule has 5 unspecified atom stereocenters. The molecular weight excluding hydrogens is 925 g/mol. The number of epoxide rings is 2. The summed E-state index contributed by atoms with van der Waals surface area (Å²) in [6.45, 7) is 8.32. The van der Waals surface area contributed by atoms with E-state index >= 15 is 0 Å². The predicted octanol–water partition coefficient (Wildman–Crippen LogP) is 5.83. The second kappa shape index (κ2) is 51.2. The minimum absolute atomic E-state index is 0. The SMILES string of the molecule is C.C.C.C.C.C.C.C.C.CO[Si](CCCOCC1CO1)(OC)OC.CO[Si](CCO)(OC)OC.CO[Si](O)(CCCOCC(O)CO)O[SiH](CCCOCC1CO1)O[Si](C)(C)CCO. The van der Waals surface area contributed by atoms with Crippen molar-refractivity contribution in [1.82, 2.24) is 0 Å². The molecule has 2 aliphatic rings. The molecule has 0 aromatic heterocycles. The summed E-state index contributed by atoms with van der Waals surface area (Å²) in [5.41, 5.74) is 0. The second-order valence-electron chi connectivity index (χ2n) is 13.2. The number of aliphatic hydroxyl groups is 4. The van der Waals surface area contributed by atoms with Crippen LogP contribution >= 0.6 is 0 Å². The van der Waals surface area contributed by atoms with Crippen LogP contribution in [0.15, 0.2) is 0 Å². The van der Waals surface area contributed by atoms with E-state index in [2.05, 4.69) is 0 Å². The maximum Gasteiger partial charge on any atom is 0.502 e. The zero-order chi connectivity index (χ0) is 41.6. The van der Waals surface area contributed by atoms with Gasteiger partial charge in [0.1, 0.15) is 18.3 Å². The Labute approximate surface area is 401 Å². The topological polar surface area (TPSA) is 237 Å². The van der Waals surface area contributed by atoms with E-state index in [0.29, 0.717) is 69.7 Å². The normalized spacial score (nSPS) is 16.4. The first-order valence-electron chi connectivity index (χ1n) is 18.6. The molecule has 19 nitrogen and oxygen atoms in total. The highest BCUT2D eigenvalue weighted by Gasteiger charge is 2.41. The minimum Gasteiger partial charge on any atom is -0.438 e. The Bertz CT molecular complexity index is 881. The lowest BCUT2D eigenvalue weighted by Gasteiger charge is -2.33. The van der Waals surface area contributed by atoms with E-state index in [-0.39, 0.29) is 99.4 Å². The van der Waals surface area contributed by atoms with Crippen LogP contribution in [-0.2, 0) is 62.9 Å². The fraction of sp³-hybridized carbons (Fsp3) is 1.00. The van der Waals surface area contributed by atoms with E-state index in [1.165, 1.54) is 28.4 Å². The van der Waals surface area contributed by atoms with Gasteiger partial charge >= 0.3 is 35.7 Å². The molecule has 5 N–H and O–H groups in total. The van der Waals surface area contributed by atoms with Crippen LogP contribution in [0.2, 0.25) is 43.3 Å². The van der Waals surface area contributed by atoms with E-state index < -0.39 is 50.1 Å².